The van der Waals surface area contributed by atoms with Crippen molar-refractivity contribution in [2.75, 3.05) is 10.6 Å². The molecule has 0 spiro atoms. The molecule has 0 radical (unpaired) electrons. The Morgan fingerprint density at radius 2 is 1.73 bits per heavy atom. The highest BCUT2D eigenvalue weighted by molar-refractivity contribution is 7.17. The number of anilines is 2. The van der Waals surface area contributed by atoms with Crippen LogP contribution in [-0.4, -0.2) is 22.9 Å². The average molecular weight is 427 g/mol. The third-order valence-corrected chi connectivity index (χ3v) is 7.41. The number of fused-ring (bicyclic) bond motifs is 1. The van der Waals surface area contributed by atoms with Gasteiger partial charge in [-0.05, 0) is 56.2 Å². The summed E-state index contributed by atoms with van der Waals surface area (Å²) in [7, 11) is 0. The Balaban J connectivity index is 1.60. The van der Waals surface area contributed by atoms with Crippen LogP contribution < -0.4 is 10.6 Å². The normalized spacial score (nSPS) is 20.4. The second-order valence-electron chi connectivity index (χ2n) is 8.16. The Morgan fingerprint density at radius 3 is 2.47 bits per heavy atom. The number of nitrogens with one attached hydrogen (secondary N) is 2. The van der Waals surface area contributed by atoms with E-state index in [0.29, 0.717) is 23.4 Å². The van der Waals surface area contributed by atoms with Crippen LogP contribution in [0.5, 0.6) is 0 Å². The average Bonchev–Trinajstić information content (AvgIpc) is 3.30. The van der Waals surface area contributed by atoms with Gasteiger partial charge in [-0.2, -0.15) is 0 Å². The molecule has 1 aromatic heterocycles. The molecule has 1 fully saturated rings. The number of para-hydroxylation sites is 1. The first-order chi connectivity index (χ1) is 14.5. The number of carboxylic acid groups (broad SMARTS) is 1. The lowest BCUT2D eigenvalue weighted by atomic mass is 9.79. The number of hydrogen-bond donors (Lipinski definition) is 3. The first kappa shape index (κ1) is 20.6. The topological polar surface area (TPSA) is 95.5 Å². The summed E-state index contributed by atoms with van der Waals surface area (Å²) in [5.41, 5.74) is 3.26. The maximum Gasteiger partial charge on any atom is 0.307 e. The van der Waals surface area contributed by atoms with Gasteiger partial charge >= 0.3 is 5.97 Å². The summed E-state index contributed by atoms with van der Waals surface area (Å²) in [5.74, 6) is -2.64. The van der Waals surface area contributed by atoms with Crippen LogP contribution in [0, 0.1) is 18.8 Å². The molecule has 2 aliphatic carbocycles. The van der Waals surface area contributed by atoms with E-state index in [1.807, 2.05) is 31.2 Å². The number of rotatable bonds is 5. The molecule has 2 aliphatic rings. The van der Waals surface area contributed by atoms with Gasteiger partial charge in [0.05, 0.1) is 17.4 Å². The van der Waals surface area contributed by atoms with Crippen molar-refractivity contribution < 1.29 is 19.5 Å². The molecule has 158 valence electrons. The smallest absolute Gasteiger partial charge is 0.307 e. The number of aryl methyl sites for hydroxylation is 2. The van der Waals surface area contributed by atoms with E-state index in [1.54, 1.807) is 0 Å². The third kappa shape index (κ3) is 3.99. The van der Waals surface area contributed by atoms with E-state index < -0.39 is 17.8 Å². The largest absolute Gasteiger partial charge is 0.481 e. The molecule has 0 aliphatic heterocycles. The number of hydrogen-bond acceptors (Lipinski definition) is 4. The van der Waals surface area contributed by atoms with Crippen molar-refractivity contribution in [3.8, 4) is 0 Å². The highest BCUT2D eigenvalue weighted by atomic mass is 32.1. The molecule has 7 heteroatoms. The van der Waals surface area contributed by atoms with Crippen LogP contribution in [0.1, 0.15) is 58.5 Å². The predicted molar refractivity (Wildman–Crippen MR) is 117 cm³/mol. The van der Waals surface area contributed by atoms with E-state index in [-0.39, 0.29) is 11.8 Å². The standard InChI is InChI=1S/C23H26N2O4S/c1-13-7-2-5-11-17(13)24-21(27)19-16-10-6-12-18(16)30-22(19)25-20(26)14-8-3-4-9-15(14)23(28)29/h2,5,7,11,14-15H,3-4,6,8-10,12H2,1H3,(H,24,27)(H,25,26)(H,28,29)/t14-,15-/m1/s1. The van der Waals surface area contributed by atoms with E-state index >= 15 is 0 Å². The number of carbonyl (C=O) groups is 3. The van der Waals surface area contributed by atoms with Crippen molar-refractivity contribution in [3.05, 3.63) is 45.8 Å². The van der Waals surface area contributed by atoms with Gasteiger partial charge in [0.1, 0.15) is 5.00 Å². The summed E-state index contributed by atoms with van der Waals surface area (Å²) >= 11 is 1.45. The quantitative estimate of drug-likeness (QED) is 0.650. The van der Waals surface area contributed by atoms with Gasteiger partial charge in [-0.1, -0.05) is 31.0 Å². The molecule has 0 unspecified atom stereocenters. The second kappa shape index (κ2) is 8.60. The van der Waals surface area contributed by atoms with E-state index in [2.05, 4.69) is 10.6 Å². The number of carbonyl (C=O) groups excluding carboxylic acids is 2. The lowest BCUT2D eigenvalue weighted by Crippen LogP contribution is -2.36. The zero-order chi connectivity index (χ0) is 21.3. The zero-order valence-electron chi connectivity index (χ0n) is 17.0. The van der Waals surface area contributed by atoms with Crippen LogP contribution >= 0.6 is 11.3 Å². The Kier molecular flexibility index (Phi) is 5.90. The summed E-state index contributed by atoms with van der Waals surface area (Å²) < 4.78 is 0. The van der Waals surface area contributed by atoms with E-state index in [4.69, 9.17) is 0 Å². The van der Waals surface area contributed by atoms with Crippen molar-refractivity contribution >= 4 is 39.8 Å². The molecule has 1 saturated carbocycles. The number of carboxylic acids is 1. The van der Waals surface area contributed by atoms with E-state index in [0.717, 1.165) is 53.8 Å². The van der Waals surface area contributed by atoms with Gasteiger partial charge in [-0.3, -0.25) is 14.4 Å². The lowest BCUT2D eigenvalue weighted by molar-refractivity contribution is -0.147. The predicted octanol–water partition coefficient (Wildman–Crippen LogP) is 4.63. The molecule has 0 saturated heterocycles. The molecule has 2 amide bonds. The van der Waals surface area contributed by atoms with Gasteiger partial charge in [0.15, 0.2) is 0 Å². The van der Waals surface area contributed by atoms with Crippen molar-refractivity contribution in [2.45, 2.75) is 51.9 Å². The van der Waals surface area contributed by atoms with Crippen LogP contribution in [0.3, 0.4) is 0 Å². The minimum absolute atomic E-state index is 0.225. The molecule has 2 atom stereocenters. The fourth-order valence-electron chi connectivity index (χ4n) is 4.58. The van der Waals surface area contributed by atoms with Crippen molar-refractivity contribution in [1.82, 2.24) is 0 Å². The zero-order valence-corrected chi connectivity index (χ0v) is 17.8. The molecular weight excluding hydrogens is 400 g/mol. The molecule has 6 nitrogen and oxygen atoms in total. The van der Waals surface area contributed by atoms with Crippen LogP contribution in [0.4, 0.5) is 10.7 Å². The monoisotopic (exact) mass is 426 g/mol. The fraction of sp³-hybridized carbons (Fsp3) is 0.435. The summed E-state index contributed by atoms with van der Waals surface area (Å²) in [5, 5.41) is 16.0. The van der Waals surface area contributed by atoms with E-state index in [9.17, 15) is 19.5 Å². The molecule has 0 bridgehead atoms. The highest BCUT2D eigenvalue weighted by Gasteiger charge is 2.37. The minimum Gasteiger partial charge on any atom is -0.481 e. The van der Waals surface area contributed by atoms with Crippen molar-refractivity contribution in [2.24, 2.45) is 11.8 Å². The van der Waals surface area contributed by atoms with E-state index in [1.165, 1.54) is 11.3 Å². The molecule has 4 rings (SSSR count). The SMILES string of the molecule is Cc1ccccc1NC(=O)c1c(NC(=O)[C@@H]2CCCC[C@H]2C(=O)O)sc2c1CCC2. The molecule has 1 aromatic carbocycles. The van der Waals surface area contributed by atoms with Crippen LogP contribution in [0.15, 0.2) is 24.3 Å². The van der Waals surface area contributed by atoms with Gasteiger partial charge in [0.25, 0.3) is 5.91 Å². The van der Waals surface area contributed by atoms with Crippen LogP contribution in [-0.2, 0) is 22.4 Å². The van der Waals surface area contributed by atoms with Crippen LogP contribution in [0.2, 0.25) is 0 Å². The summed E-state index contributed by atoms with van der Waals surface area (Å²) in [4.78, 5) is 38.9. The van der Waals surface area contributed by atoms with Gasteiger partial charge < -0.3 is 15.7 Å². The number of thiophene rings is 1. The Morgan fingerprint density at radius 1 is 1.00 bits per heavy atom. The Bertz CT molecular complexity index is 997. The molecule has 30 heavy (non-hydrogen) atoms. The molecular formula is C23H26N2O4S. The van der Waals surface area contributed by atoms with Crippen molar-refractivity contribution in [1.29, 1.82) is 0 Å². The first-order valence-corrected chi connectivity index (χ1v) is 11.3. The maximum atomic E-state index is 13.2. The van der Waals surface area contributed by atoms with Gasteiger partial charge in [0, 0.05) is 10.6 Å². The first-order valence-electron chi connectivity index (χ1n) is 10.5. The Labute approximate surface area is 179 Å². The second-order valence-corrected chi connectivity index (χ2v) is 9.26. The highest BCUT2D eigenvalue weighted by Crippen LogP contribution is 2.40. The van der Waals surface area contributed by atoms with Gasteiger partial charge in [-0.25, -0.2) is 0 Å². The summed E-state index contributed by atoms with van der Waals surface area (Å²) in [6, 6.07) is 7.59. The number of aliphatic carboxylic acids is 1. The molecule has 1 heterocycles. The summed E-state index contributed by atoms with van der Waals surface area (Å²) in [6.45, 7) is 1.94. The number of amides is 2. The van der Waals surface area contributed by atoms with Gasteiger partial charge in [-0.15, -0.1) is 11.3 Å². The fourth-order valence-corrected chi connectivity index (χ4v) is 5.87. The molecule has 2 aromatic rings. The molecule has 3 N–H and O–H groups in total. The lowest BCUT2D eigenvalue weighted by Gasteiger charge is -2.27. The minimum atomic E-state index is -0.916. The third-order valence-electron chi connectivity index (χ3n) is 6.20. The van der Waals surface area contributed by atoms with Crippen LogP contribution in [0.25, 0.3) is 0 Å². The van der Waals surface area contributed by atoms with Crippen molar-refractivity contribution in [3.63, 3.8) is 0 Å². The number of benzene rings is 1. The Hall–Kier alpha value is -2.67. The maximum absolute atomic E-state index is 13.2. The van der Waals surface area contributed by atoms with Gasteiger partial charge in [0.2, 0.25) is 5.91 Å². The summed E-state index contributed by atoms with van der Waals surface area (Å²) in [6.07, 6.45) is 5.50.